The lowest BCUT2D eigenvalue weighted by Gasteiger charge is -2.30. The lowest BCUT2D eigenvalue weighted by atomic mass is 9.98. The van der Waals surface area contributed by atoms with E-state index in [2.05, 4.69) is 17.6 Å². The number of likely N-dealkylation sites (tertiary alicyclic amines) is 1. The third-order valence-electron chi connectivity index (χ3n) is 5.17. The van der Waals surface area contributed by atoms with Gasteiger partial charge in [0.25, 0.3) is 5.91 Å². The third-order valence-corrected chi connectivity index (χ3v) is 5.58. The number of nitrogens with zero attached hydrogens (tertiary/aromatic N) is 1. The number of anilines is 2. The molecule has 0 bridgehead atoms. The second-order valence-electron chi connectivity index (χ2n) is 7.37. The number of hydrogen-bond donors (Lipinski definition) is 2. The average molecular weight is 400 g/mol. The van der Waals surface area contributed by atoms with Crippen molar-refractivity contribution in [2.75, 3.05) is 30.3 Å². The van der Waals surface area contributed by atoms with Gasteiger partial charge in [-0.15, -0.1) is 0 Å². The van der Waals surface area contributed by atoms with Crippen LogP contribution in [0.4, 0.5) is 11.4 Å². The van der Waals surface area contributed by atoms with Crippen LogP contribution in [0.5, 0.6) is 0 Å². The molecule has 3 rings (SSSR count). The molecule has 0 saturated carbocycles. The first-order valence-electron chi connectivity index (χ1n) is 9.62. The van der Waals surface area contributed by atoms with Crippen molar-refractivity contribution in [1.29, 1.82) is 0 Å². The molecule has 1 aliphatic rings. The third kappa shape index (κ3) is 5.04. The van der Waals surface area contributed by atoms with Crippen LogP contribution in [0.25, 0.3) is 0 Å². The summed E-state index contributed by atoms with van der Waals surface area (Å²) in [5.74, 6) is 0.511. The fourth-order valence-corrected chi connectivity index (χ4v) is 3.48. The van der Waals surface area contributed by atoms with E-state index in [0.29, 0.717) is 22.2 Å². The fourth-order valence-electron chi connectivity index (χ4n) is 3.30. The highest BCUT2D eigenvalue weighted by Gasteiger charge is 2.21. The summed E-state index contributed by atoms with van der Waals surface area (Å²) in [7, 11) is 0. The van der Waals surface area contributed by atoms with Crippen molar-refractivity contribution < 1.29 is 9.59 Å². The van der Waals surface area contributed by atoms with Gasteiger partial charge in [0.15, 0.2) is 0 Å². The van der Waals surface area contributed by atoms with Crippen molar-refractivity contribution in [2.45, 2.75) is 26.7 Å². The Bertz CT molecular complexity index is 861. The van der Waals surface area contributed by atoms with E-state index in [1.807, 2.05) is 30.0 Å². The van der Waals surface area contributed by atoms with Crippen molar-refractivity contribution in [3.05, 3.63) is 58.6 Å². The minimum Gasteiger partial charge on any atom is -0.376 e. The van der Waals surface area contributed by atoms with E-state index < -0.39 is 0 Å². The van der Waals surface area contributed by atoms with Crippen LogP contribution in [0.1, 0.15) is 35.7 Å². The van der Waals surface area contributed by atoms with Crippen LogP contribution < -0.4 is 10.6 Å². The Morgan fingerprint density at radius 1 is 1.14 bits per heavy atom. The molecule has 0 aliphatic carbocycles. The van der Waals surface area contributed by atoms with Gasteiger partial charge in [0, 0.05) is 35.1 Å². The number of benzene rings is 2. The van der Waals surface area contributed by atoms with Gasteiger partial charge in [-0.05, 0) is 61.6 Å². The zero-order valence-electron chi connectivity index (χ0n) is 16.3. The molecule has 0 unspecified atom stereocenters. The highest BCUT2D eigenvalue weighted by molar-refractivity contribution is 6.31. The Balaban J connectivity index is 1.58. The van der Waals surface area contributed by atoms with Crippen molar-refractivity contribution in [3.8, 4) is 0 Å². The number of nitrogens with one attached hydrogen (secondary N) is 2. The van der Waals surface area contributed by atoms with E-state index in [0.717, 1.165) is 37.2 Å². The summed E-state index contributed by atoms with van der Waals surface area (Å²) in [5, 5.41) is 6.60. The maximum atomic E-state index is 12.7. The highest BCUT2D eigenvalue weighted by atomic mass is 35.5. The zero-order valence-corrected chi connectivity index (χ0v) is 17.1. The molecule has 148 valence electrons. The van der Waals surface area contributed by atoms with Crippen LogP contribution in [-0.4, -0.2) is 36.3 Å². The van der Waals surface area contributed by atoms with Gasteiger partial charge in [-0.1, -0.05) is 30.7 Å². The standard InChI is InChI=1S/C22H26ClN3O2/c1-15-9-11-26(12-10-15)22(28)17-5-3-6-18(13-17)25-21(27)14-24-20-8-4-7-19(23)16(20)2/h3-8,13,15,24H,9-12,14H2,1-2H3,(H,25,27). The van der Waals surface area contributed by atoms with Gasteiger partial charge in [0.2, 0.25) is 5.91 Å². The van der Waals surface area contributed by atoms with Gasteiger partial charge in [0.1, 0.15) is 0 Å². The van der Waals surface area contributed by atoms with Crippen molar-refractivity contribution in [2.24, 2.45) is 5.92 Å². The van der Waals surface area contributed by atoms with Crippen molar-refractivity contribution >= 4 is 34.8 Å². The Morgan fingerprint density at radius 2 is 1.86 bits per heavy atom. The van der Waals surface area contributed by atoms with Gasteiger partial charge in [0.05, 0.1) is 6.54 Å². The summed E-state index contributed by atoms with van der Waals surface area (Å²) >= 11 is 6.10. The maximum Gasteiger partial charge on any atom is 0.253 e. The van der Waals surface area contributed by atoms with Crippen molar-refractivity contribution in [3.63, 3.8) is 0 Å². The van der Waals surface area contributed by atoms with E-state index in [4.69, 9.17) is 11.6 Å². The molecule has 5 nitrogen and oxygen atoms in total. The molecule has 0 spiro atoms. The van der Waals surface area contributed by atoms with Gasteiger partial charge in [-0.25, -0.2) is 0 Å². The number of amides is 2. The van der Waals surface area contributed by atoms with Gasteiger partial charge in [-0.3, -0.25) is 9.59 Å². The summed E-state index contributed by atoms with van der Waals surface area (Å²) in [6.07, 6.45) is 2.08. The smallest absolute Gasteiger partial charge is 0.253 e. The summed E-state index contributed by atoms with van der Waals surface area (Å²) in [5.41, 5.74) is 2.95. The molecular formula is C22H26ClN3O2. The van der Waals surface area contributed by atoms with Crippen LogP contribution in [0.15, 0.2) is 42.5 Å². The van der Waals surface area contributed by atoms with E-state index in [9.17, 15) is 9.59 Å². The van der Waals surface area contributed by atoms with E-state index in [-0.39, 0.29) is 18.4 Å². The molecule has 1 saturated heterocycles. The van der Waals surface area contributed by atoms with E-state index in [1.165, 1.54) is 0 Å². The minimum atomic E-state index is -0.184. The molecule has 2 N–H and O–H groups in total. The normalized spacial score (nSPS) is 14.6. The molecule has 1 aliphatic heterocycles. The number of carbonyl (C=O) groups excluding carboxylic acids is 2. The van der Waals surface area contributed by atoms with Crippen LogP contribution >= 0.6 is 11.6 Å². The largest absolute Gasteiger partial charge is 0.376 e. The molecule has 1 fully saturated rings. The molecule has 0 aromatic heterocycles. The Hall–Kier alpha value is -2.53. The predicted molar refractivity (Wildman–Crippen MR) is 114 cm³/mol. The average Bonchev–Trinajstić information content (AvgIpc) is 2.69. The lowest BCUT2D eigenvalue weighted by molar-refractivity contribution is -0.114. The summed E-state index contributed by atoms with van der Waals surface area (Å²) in [4.78, 5) is 26.9. The maximum absolute atomic E-state index is 12.7. The molecular weight excluding hydrogens is 374 g/mol. The van der Waals surface area contributed by atoms with Gasteiger partial charge in [-0.2, -0.15) is 0 Å². The SMILES string of the molecule is Cc1c(Cl)cccc1NCC(=O)Nc1cccc(C(=O)N2CCC(C)CC2)c1. The summed E-state index contributed by atoms with van der Waals surface area (Å²) in [6.45, 7) is 5.82. The lowest BCUT2D eigenvalue weighted by Crippen LogP contribution is -2.37. The van der Waals surface area contributed by atoms with Gasteiger partial charge >= 0.3 is 0 Å². The topological polar surface area (TPSA) is 61.4 Å². The van der Waals surface area contributed by atoms with E-state index >= 15 is 0 Å². The highest BCUT2D eigenvalue weighted by Crippen LogP contribution is 2.23. The number of piperidine rings is 1. The number of carbonyl (C=O) groups is 2. The fraction of sp³-hybridized carbons (Fsp3) is 0.364. The second kappa shape index (κ2) is 9.11. The van der Waals surface area contributed by atoms with Crippen LogP contribution in [0.3, 0.4) is 0 Å². The second-order valence-corrected chi connectivity index (χ2v) is 7.78. The Morgan fingerprint density at radius 3 is 2.61 bits per heavy atom. The molecule has 2 amide bonds. The van der Waals surface area contributed by atoms with Crippen LogP contribution in [-0.2, 0) is 4.79 Å². The number of hydrogen-bond acceptors (Lipinski definition) is 3. The zero-order chi connectivity index (χ0) is 20.1. The molecule has 6 heteroatoms. The first-order valence-corrected chi connectivity index (χ1v) is 10.00. The van der Waals surface area contributed by atoms with Crippen LogP contribution in [0, 0.1) is 12.8 Å². The van der Waals surface area contributed by atoms with Crippen LogP contribution in [0.2, 0.25) is 5.02 Å². The molecule has 2 aromatic carbocycles. The Kier molecular flexibility index (Phi) is 6.57. The first-order chi connectivity index (χ1) is 13.4. The molecule has 0 radical (unpaired) electrons. The predicted octanol–water partition coefficient (Wildman–Crippen LogP) is 4.57. The number of halogens is 1. The molecule has 1 heterocycles. The van der Waals surface area contributed by atoms with E-state index in [1.54, 1.807) is 24.3 Å². The molecule has 0 atom stereocenters. The summed E-state index contributed by atoms with van der Waals surface area (Å²) < 4.78 is 0. The molecule has 28 heavy (non-hydrogen) atoms. The first kappa shape index (κ1) is 20.2. The molecule has 2 aromatic rings. The quantitative estimate of drug-likeness (QED) is 0.774. The van der Waals surface area contributed by atoms with Crippen molar-refractivity contribution in [1.82, 2.24) is 4.90 Å². The monoisotopic (exact) mass is 399 g/mol. The number of rotatable bonds is 5. The summed E-state index contributed by atoms with van der Waals surface area (Å²) in [6, 6.07) is 12.7. The van der Waals surface area contributed by atoms with Gasteiger partial charge < -0.3 is 15.5 Å². The minimum absolute atomic E-state index is 0.0238. The Labute approximate surface area is 171 Å².